The van der Waals surface area contributed by atoms with Gasteiger partial charge in [-0.25, -0.2) is 4.79 Å². The molecule has 1 aliphatic heterocycles. The number of carbonyl (C=O) groups is 1. The lowest BCUT2D eigenvalue weighted by molar-refractivity contribution is 0.0404. The lowest BCUT2D eigenvalue weighted by Gasteiger charge is -2.34. The van der Waals surface area contributed by atoms with Gasteiger partial charge in [0.2, 0.25) is 0 Å². The molecule has 5 nitrogen and oxygen atoms in total. The van der Waals surface area contributed by atoms with Crippen LogP contribution >= 0.6 is 11.3 Å². The average molecular weight is 338 g/mol. The first-order valence-electron chi connectivity index (χ1n) is 8.40. The maximum Gasteiger partial charge on any atom is 0.317 e. The van der Waals surface area contributed by atoms with E-state index in [-0.39, 0.29) is 12.1 Å². The lowest BCUT2D eigenvalue weighted by Crippen LogP contribution is -2.46. The zero-order chi connectivity index (χ0) is 16.2. The summed E-state index contributed by atoms with van der Waals surface area (Å²) in [4.78, 5) is 15.7. The molecule has 0 bridgehead atoms. The van der Waals surface area contributed by atoms with E-state index in [4.69, 9.17) is 9.47 Å². The van der Waals surface area contributed by atoms with Crippen LogP contribution in [0.3, 0.4) is 0 Å². The molecule has 1 atom stereocenters. The maximum absolute atomic E-state index is 12.4. The fraction of sp³-hybridized carbons (Fsp3) is 0.706. The third kappa shape index (κ3) is 3.87. The number of methoxy groups -OCH3 is 1. The van der Waals surface area contributed by atoms with Gasteiger partial charge in [-0.3, -0.25) is 0 Å². The molecule has 0 saturated heterocycles. The summed E-state index contributed by atoms with van der Waals surface area (Å²) in [5, 5.41) is 5.15. The number of hydrogen-bond acceptors (Lipinski definition) is 4. The molecule has 23 heavy (non-hydrogen) atoms. The van der Waals surface area contributed by atoms with Crippen LogP contribution in [-0.2, 0) is 15.9 Å². The van der Waals surface area contributed by atoms with Gasteiger partial charge >= 0.3 is 6.03 Å². The Bertz CT molecular complexity index is 526. The minimum absolute atomic E-state index is 0.00294. The fourth-order valence-corrected chi connectivity index (χ4v) is 4.45. The fourth-order valence-electron chi connectivity index (χ4n) is 3.53. The molecular weight excluding hydrogens is 312 g/mol. The van der Waals surface area contributed by atoms with Gasteiger partial charge in [-0.15, -0.1) is 11.3 Å². The summed E-state index contributed by atoms with van der Waals surface area (Å²) in [7, 11) is 3.66. The molecule has 0 aromatic carbocycles. The normalized spacial score (nSPS) is 27.3. The molecule has 2 aliphatic rings. The summed E-state index contributed by atoms with van der Waals surface area (Å²) in [5.74, 6) is 0. The number of fused-ring (bicyclic) bond motifs is 1. The van der Waals surface area contributed by atoms with Crippen molar-refractivity contribution in [2.24, 2.45) is 0 Å². The van der Waals surface area contributed by atoms with Gasteiger partial charge in [0.05, 0.1) is 12.7 Å². The predicted octanol–water partition coefficient (Wildman–Crippen LogP) is 2.96. The largest absolute Gasteiger partial charge is 0.381 e. The van der Waals surface area contributed by atoms with Crippen LogP contribution in [-0.4, -0.2) is 50.4 Å². The summed E-state index contributed by atoms with van der Waals surface area (Å²) < 4.78 is 11.2. The second-order valence-corrected chi connectivity index (χ2v) is 7.37. The minimum Gasteiger partial charge on any atom is -0.381 e. The van der Waals surface area contributed by atoms with E-state index in [1.807, 2.05) is 11.9 Å². The SMILES string of the molecule is COC1CCC(N(C)C(=O)NCC2OCCc3sccc32)CC1. The number of amides is 2. The van der Waals surface area contributed by atoms with Crippen LogP contribution in [0.25, 0.3) is 0 Å². The van der Waals surface area contributed by atoms with Crippen molar-refractivity contribution in [3.63, 3.8) is 0 Å². The van der Waals surface area contributed by atoms with E-state index in [1.165, 1.54) is 10.4 Å². The molecule has 1 aliphatic carbocycles. The molecule has 0 spiro atoms. The number of urea groups is 1. The van der Waals surface area contributed by atoms with Crippen molar-refractivity contribution in [2.75, 3.05) is 27.3 Å². The Balaban J connectivity index is 1.48. The van der Waals surface area contributed by atoms with E-state index in [0.29, 0.717) is 18.7 Å². The number of rotatable bonds is 4. The number of nitrogens with zero attached hydrogens (tertiary/aromatic N) is 1. The smallest absolute Gasteiger partial charge is 0.317 e. The zero-order valence-electron chi connectivity index (χ0n) is 13.9. The second kappa shape index (κ2) is 7.64. The first-order chi connectivity index (χ1) is 11.2. The highest BCUT2D eigenvalue weighted by atomic mass is 32.1. The van der Waals surface area contributed by atoms with Crippen molar-refractivity contribution in [2.45, 2.75) is 50.4 Å². The molecule has 1 saturated carbocycles. The topological polar surface area (TPSA) is 50.8 Å². The molecule has 3 rings (SSSR count). The third-order valence-corrected chi connectivity index (χ3v) is 6.06. The average Bonchev–Trinajstić information content (AvgIpc) is 3.08. The third-order valence-electron chi connectivity index (χ3n) is 5.06. The van der Waals surface area contributed by atoms with E-state index in [0.717, 1.165) is 38.7 Å². The number of nitrogens with one attached hydrogen (secondary N) is 1. The van der Waals surface area contributed by atoms with Gasteiger partial charge in [0.1, 0.15) is 6.10 Å². The van der Waals surface area contributed by atoms with Crippen LogP contribution in [0.2, 0.25) is 0 Å². The molecule has 1 aromatic heterocycles. The van der Waals surface area contributed by atoms with Crippen molar-refractivity contribution in [3.05, 3.63) is 21.9 Å². The summed E-state index contributed by atoms with van der Waals surface area (Å²) in [5.41, 5.74) is 1.24. The molecular formula is C17H26N2O3S. The van der Waals surface area contributed by atoms with Crippen molar-refractivity contribution >= 4 is 17.4 Å². The van der Waals surface area contributed by atoms with Gasteiger partial charge in [-0.2, -0.15) is 0 Å². The van der Waals surface area contributed by atoms with Gasteiger partial charge in [-0.1, -0.05) is 0 Å². The zero-order valence-corrected chi connectivity index (χ0v) is 14.7. The molecule has 1 aromatic rings. The van der Waals surface area contributed by atoms with Gasteiger partial charge < -0.3 is 19.7 Å². The quantitative estimate of drug-likeness (QED) is 0.918. The highest BCUT2D eigenvalue weighted by Gasteiger charge is 2.27. The summed E-state index contributed by atoms with van der Waals surface area (Å²) in [6, 6.07) is 2.42. The molecule has 2 heterocycles. The Kier molecular flexibility index (Phi) is 5.56. The summed E-state index contributed by atoms with van der Waals surface area (Å²) in [6.45, 7) is 1.28. The van der Waals surface area contributed by atoms with Crippen LogP contribution in [0.5, 0.6) is 0 Å². The van der Waals surface area contributed by atoms with E-state index >= 15 is 0 Å². The van der Waals surface area contributed by atoms with Crippen LogP contribution in [0.1, 0.15) is 42.2 Å². The summed E-state index contributed by atoms with van der Waals surface area (Å²) >= 11 is 1.78. The Morgan fingerprint density at radius 1 is 1.43 bits per heavy atom. The number of ether oxygens (including phenoxy) is 2. The monoisotopic (exact) mass is 338 g/mol. The van der Waals surface area contributed by atoms with Gasteiger partial charge in [0, 0.05) is 38.0 Å². The Hall–Kier alpha value is -1.11. The van der Waals surface area contributed by atoms with Crippen LogP contribution in [0.15, 0.2) is 11.4 Å². The second-order valence-electron chi connectivity index (χ2n) is 6.37. The van der Waals surface area contributed by atoms with Crippen molar-refractivity contribution in [3.8, 4) is 0 Å². The maximum atomic E-state index is 12.4. The Morgan fingerprint density at radius 3 is 2.96 bits per heavy atom. The first-order valence-corrected chi connectivity index (χ1v) is 9.28. The molecule has 1 unspecified atom stereocenters. The molecule has 0 radical (unpaired) electrons. The standard InChI is InChI=1S/C17H26N2O3S/c1-19(12-3-5-13(21-2)6-4-12)17(20)18-11-15-14-8-10-23-16(14)7-9-22-15/h8,10,12-13,15H,3-7,9,11H2,1-2H3,(H,18,20). The number of hydrogen-bond donors (Lipinski definition) is 1. The summed E-state index contributed by atoms with van der Waals surface area (Å²) in [6.07, 6.45) is 5.42. The lowest BCUT2D eigenvalue weighted by atomic mass is 9.92. The Labute approximate surface area is 142 Å². The minimum atomic E-state index is -0.00780. The van der Waals surface area contributed by atoms with Crippen LogP contribution in [0.4, 0.5) is 4.79 Å². The van der Waals surface area contributed by atoms with Crippen LogP contribution in [0, 0.1) is 0 Å². The Morgan fingerprint density at radius 2 is 2.22 bits per heavy atom. The molecule has 1 fully saturated rings. The van der Waals surface area contributed by atoms with E-state index < -0.39 is 0 Å². The van der Waals surface area contributed by atoms with Gasteiger partial charge in [-0.05, 0) is 42.7 Å². The van der Waals surface area contributed by atoms with Crippen molar-refractivity contribution in [1.82, 2.24) is 10.2 Å². The predicted molar refractivity (Wildman–Crippen MR) is 90.9 cm³/mol. The van der Waals surface area contributed by atoms with E-state index in [9.17, 15) is 4.79 Å². The molecule has 1 N–H and O–H groups in total. The van der Waals surface area contributed by atoms with E-state index in [2.05, 4.69) is 16.8 Å². The number of thiophene rings is 1. The number of carbonyl (C=O) groups excluding carboxylic acids is 1. The van der Waals surface area contributed by atoms with Crippen LogP contribution < -0.4 is 5.32 Å². The first kappa shape index (κ1) is 16.7. The van der Waals surface area contributed by atoms with Gasteiger partial charge in [0.25, 0.3) is 0 Å². The molecule has 128 valence electrons. The highest BCUT2D eigenvalue weighted by molar-refractivity contribution is 7.10. The molecule has 6 heteroatoms. The van der Waals surface area contributed by atoms with E-state index in [1.54, 1.807) is 18.4 Å². The van der Waals surface area contributed by atoms with Crippen molar-refractivity contribution in [1.29, 1.82) is 0 Å². The van der Waals surface area contributed by atoms with Crippen molar-refractivity contribution < 1.29 is 14.3 Å². The van der Waals surface area contributed by atoms with Gasteiger partial charge in [0.15, 0.2) is 0 Å². The molecule has 2 amide bonds. The highest BCUT2D eigenvalue weighted by Crippen LogP contribution is 2.30.